The van der Waals surface area contributed by atoms with E-state index in [1.807, 2.05) is 31.2 Å². The van der Waals surface area contributed by atoms with Gasteiger partial charge >= 0.3 is 5.97 Å². The molecule has 0 saturated carbocycles. The topological polar surface area (TPSA) is 105 Å². The number of rotatable bonds is 8. The maximum Gasteiger partial charge on any atom is 0.341 e. The molecule has 0 bridgehead atoms. The van der Waals surface area contributed by atoms with Crippen molar-refractivity contribution in [3.05, 3.63) is 47.4 Å². The third-order valence-electron chi connectivity index (χ3n) is 5.06. The first kappa shape index (κ1) is 22.6. The summed E-state index contributed by atoms with van der Waals surface area (Å²) in [4.78, 5) is 37.0. The number of benzene rings is 1. The Balaban J connectivity index is 1.91. The molecule has 164 valence electrons. The predicted molar refractivity (Wildman–Crippen MR) is 116 cm³/mol. The molecule has 0 unspecified atom stereocenters. The summed E-state index contributed by atoms with van der Waals surface area (Å²) in [5.41, 5.74) is 1.65. The van der Waals surface area contributed by atoms with E-state index in [0.29, 0.717) is 29.3 Å². The number of allylic oxidation sites excluding steroid dienone is 2. The molecule has 1 aliphatic carbocycles. The molecular formula is C23H24NO6S-. The predicted octanol–water partition coefficient (Wildman–Crippen LogP) is 3.26. The highest BCUT2D eigenvalue weighted by Gasteiger charge is 2.31. The van der Waals surface area contributed by atoms with E-state index in [9.17, 15) is 19.5 Å². The van der Waals surface area contributed by atoms with E-state index in [0.717, 1.165) is 5.56 Å². The molecule has 3 rings (SSSR count). The molecule has 0 spiro atoms. The lowest BCUT2D eigenvalue weighted by Crippen LogP contribution is -2.41. The van der Waals surface area contributed by atoms with Crippen LogP contribution >= 0.6 is 11.3 Å². The Hall–Kier alpha value is -3.13. The number of hydrogen-bond acceptors (Lipinski definition) is 7. The van der Waals surface area contributed by atoms with Crippen molar-refractivity contribution in [2.24, 2.45) is 11.8 Å². The minimum absolute atomic E-state index is 0.185. The standard InChI is InChI=1S/C23H25NO6S/c1-3-29-15-11-9-14(10-12-15)18-13-31-21(19(18)23(28)30-4-2)24-20(25)16-7-5-6-8-17(16)22(26)27/h5-6,9-13,16-17H,3-4,7-8H2,1-2H3,(H,24,25)(H,26,27)/p-1/t16-,17+/m0/s1. The first-order valence-electron chi connectivity index (χ1n) is 10.1. The number of ether oxygens (including phenoxy) is 2. The van der Waals surface area contributed by atoms with Crippen LogP contribution in [0.25, 0.3) is 11.1 Å². The monoisotopic (exact) mass is 442 g/mol. The highest BCUT2D eigenvalue weighted by molar-refractivity contribution is 7.15. The molecule has 1 aliphatic rings. The Morgan fingerprint density at radius 1 is 1.06 bits per heavy atom. The van der Waals surface area contributed by atoms with Crippen molar-refractivity contribution in [2.45, 2.75) is 26.7 Å². The second-order valence-corrected chi connectivity index (χ2v) is 7.88. The van der Waals surface area contributed by atoms with Gasteiger partial charge in [0.05, 0.1) is 19.1 Å². The fraction of sp³-hybridized carbons (Fsp3) is 0.348. The van der Waals surface area contributed by atoms with Crippen molar-refractivity contribution >= 4 is 34.2 Å². The van der Waals surface area contributed by atoms with Gasteiger partial charge in [-0.25, -0.2) is 4.79 Å². The molecule has 0 fully saturated rings. The number of carbonyl (C=O) groups is 3. The van der Waals surface area contributed by atoms with Gasteiger partial charge in [0, 0.05) is 22.8 Å². The summed E-state index contributed by atoms with van der Waals surface area (Å²) in [5, 5.41) is 16.3. The summed E-state index contributed by atoms with van der Waals surface area (Å²) in [6.07, 6.45) is 4.07. The molecule has 7 nitrogen and oxygen atoms in total. The van der Waals surface area contributed by atoms with Crippen LogP contribution in [0.5, 0.6) is 5.75 Å². The SMILES string of the molecule is CCOC(=O)c1c(-c2ccc(OCC)cc2)csc1NC(=O)[C@H]1CC=CC[C@H]1C(=O)[O-]. The zero-order valence-electron chi connectivity index (χ0n) is 17.4. The Labute approximate surface area is 184 Å². The molecule has 2 aromatic rings. The van der Waals surface area contributed by atoms with Gasteiger partial charge in [0.2, 0.25) is 5.91 Å². The van der Waals surface area contributed by atoms with Crippen molar-refractivity contribution in [1.82, 2.24) is 0 Å². The second-order valence-electron chi connectivity index (χ2n) is 7.00. The molecule has 1 aromatic carbocycles. The van der Waals surface area contributed by atoms with Crippen LogP contribution in [0.4, 0.5) is 5.00 Å². The summed E-state index contributed by atoms with van der Waals surface area (Å²) in [6, 6.07) is 7.28. The van der Waals surface area contributed by atoms with E-state index in [1.54, 1.807) is 24.5 Å². The van der Waals surface area contributed by atoms with Crippen LogP contribution in [-0.4, -0.2) is 31.1 Å². The van der Waals surface area contributed by atoms with Gasteiger partial charge in [0.25, 0.3) is 0 Å². The first-order valence-corrected chi connectivity index (χ1v) is 11.0. The number of carboxylic acids is 1. The molecule has 0 aliphatic heterocycles. The molecule has 1 amide bonds. The Bertz CT molecular complexity index is 978. The number of thiophene rings is 1. The summed E-state index contributed by atoms with van der Waals surface area (Å²) >= 11 is 1.20. The lowest BCUT2D eigenvalue weighted by atomic mass is 9.82. The van der Waals surface area contributed by atoms with Gasteiger partial charge < -0.3 is 24.7 Å². The van der Waals surface area contributed by atoms with Crippen LogP contribution in [0, 0.1) is 11.8 Å². The summed E-state index contributed by atoms with van der Waals surface area (Å²) in [7, 11) is 0. The van der Waals surface area contributed by atoms with Crippen molar-refractivity contribution in [1.29, 1.82) is 0 Å². The molecule has 31 heavy (non-hydrogen) atoms. The lowest BCUT2D eigenvalue weighted by Gasteiger charge is -2.28. The third kappa shape index (κ3) is 5.14. The van der Waals surface area contributed by atoms with E-state index >= 15 is 0 Å². The fourth-order valence-electron chi connectivity index (χ4n) is 3.53. The molecule has 1 heterocycles. The first-order chi connectivity index (χ1) is 15.0. The van der Waals surface area contributed by atoms with E-state index in [-0.39, 0.29) is 18.6 Å². The maximum atomic E-state index is 12.9. The number of anilines is 1. The highest BCUT2D eigenvalue weighted by atomic mass is 32.1. The minimum atomic E-state index is -1.25. The molecule has 0 radical (unpaired) electrons. The molecular weight excluding hydrogens is 418 g/mol. The summed E-state index contributed by atoms with van der Waals surface area (Å²) in [6.45, 7) is 4.34. The van der Waals surface area contributed by atoms with E-state index in [4.69, 9.17) is 9.47 Å². The summed E-state index contributed by atoms with van der Waals surface area (Å²) < 4.78 is 10.7. The van der Waals surface area contributed by atoms with Gasteiger partial charge in [-0.15, -0.1) is 11.3 Å². The number of amides is 1. The quantitative estimate of drug-likeness (QED) is 0.497. The van der Waals surface area contributed by atoms with E-state index < -0.39 is 29.7 Å². The maximum absolute atomic E-state index is 12.9. The van der Waals surface area contributed by atoms with Crippen LogP contribution in [0.1, 0.15) is 37.0 Å². The number of carboxylic acid groups (broad SMARTS) is 1. The van der Waals surface area contributed by atoms with E-state index in [1.165, 1.54) is 11.3 Å². The average Bonchev–Trinajstić information content (AvgIpc) is 3.18. The molecule has 8 heteroatoms. The van der Waals surface area contributed by atoms with Crippen molar-refractivity contribution in [3.63, 3.8) is 0 Å². The van der Waals surface area contributed by atoms with Gasteiger partial charge in [-0.2, -0.15) is 0 Å². The van der Waals surface area contributed by atoms with Crippen LogP contribution < -0.4 is 15.2 Å². The molecule has 0 saturated heterocycles. The average molecular weight is 443 g/mol. The Morgan fingerprint density at radius 2 is 1.74 bits per heavy atom. The molecule has 2 atom stereocenters. The normalized spacial score (nSPS) is 17.7. The van der Waals surface area contributed by atoms with Gasteiger partial charge in [-0.1, -0.05) is 24.3 Å². The van der Waals surface area contributed by atoms with Crippen LogP contribution in [0.3, 0.4) is 0 Å². The summed E-state index contributed by atoms with van der Waals surface area (Å²) in [5.74, 6) is -3.21. The largest absolute Gasteiger partial charge is 0.550 e. The Morgan fingerprint density at radius 3 is 2.35 bits per heavy atom. The van der Waals surface area contributed by atoms with Gasteiger partial charge in [-0.3, -0.25) is 4.79 Å². The van der Waals surface area contributed by atoms with Crippen molar-refractivity contribution < 1.29 is 29.0 Å². The van der Waals surface area contributed by atoms with Crippen LogP contribution in [0.15, 0.2) is 41.8 Å². The fourth-order valence-corrected chi connectivity index (χ4v) is 4.50. The minimum Gasteiger partial charge on any atom is -0.550 e. The lowest BCUT2D eigenvalue weighted by molar-refractivity contribution is -0.313. The van der Waals surface area contributed by atoms with Crippen LogP contribution in [0.2, 0.25) is 0 Å². The van der Waals surface area contributed by atoms with Gasteiger partial charge in [0.1, 0.15) is 16.3 Å². The van der Waals surface area contributed by atoms with Crippen molar-refractivity contribution in [3.8, 4) is 16.9 Å². The smallest absolute Gasteiger partial charge is 0.341 e. The molecule has 1 aromatic heterocycles. The number of esters is 1. The number of hydrogen-bond donors (Lipinski definition) is 1. The van der Waals surface area contributed by atoms with Gasteiger partial charge in [-0.05, 0) is 44.4 Å². The van der Waals surface area contributed by atoms with Crippen LogP contribution in [-0.2, 0) is 14.3 Å². The number of carbonyl (C=O) groups excluding carboxylic acids is 3. The van der Waals surface area contributed by atoms with E-state index in [2.05, 4.69) is 5.32 Å². The Kier molecular flexibility index (Phi) is 7.46. The zero-order chi connectivity index (χ0) is 22.4. The number of nitrogens with one attached hydrogen (secondary N) is 1. The molecule has 1 N–H and O–H groups in total. The highest BCUT2D eigenvalue weighted by Crippen LogP contribution is 2.38. The van der Waals surface area contributed by atoms with Crippen molar-refractivity contribution in [2.75, 3.05) is 18.5 Å². The zero-order valence-corrected chi connectivity index (χ0v) is 18.2. The third-order valence-corrected chi connectivity index (χ3v) is 5.95. The number of aliphatic carboxylic acids is 1. The van der Waals surface area contributed by atoms with Gasteiger partial charge in [0.15, 0.2) is 0 Å². The second kappa shape index (κ2) is 10.3.